The molecule has 2 amide bonds. The summed E-state index contributed by atoms with van der Waals surface area (Å²) in [6.07, 6.45) is -0.225. The van der Waals surface area contributed by atoms with Crippen molar-refractivity contribution in [2.75, 3.05) is 52.3 Å². The number of anilines is 1. The molecule has 1 aromatic heterocycles. The molecule has 1 aliphatic heterocycles. The highest BCUT2D eigenvalue weighted by molar-refractivity contribution is 5.92. The van der Waals surface area contributed by atoms with Gasteiger partial charge >= 0.3 is 12.0 Å². The molecule has 2 heterocycles. The van der Waals surface area contributed by atoms with Crippen LogP contribution in [0.1, 0.15) is 0 Å². The first kappa shape index (κ1) is 19.8. The van der Waals surface area contributed by atoms with Gasteiger partial charge in [-0.2, -0.15) is 0 Å². The molecule has 0 spiro atoms. The zero-order chi connectivity index (χ0) is 20.1. The molecular formula is C19H24N4O5. The quantitative estimate of drug-likeness (QED) is 0.773. The van der Waals surface area contributed by atoms with Gasteiger partial charge in [0.1, 0.15) is 0 Å². The monoisotopic (exact) mass is 388 g/mol. The number of hydrogen-bond donors (Lipinski definition) is 2. The minimum Gasteiger partial charge on any atom is -0.481 e. The van der Waals surface area contributed by atoms with E-state index in [1.165, 1.54) is 0 Å². The Kier molecular flexibility index (Phi) is 6.27. The molecule has 150 valence electrons. The van der Waals surface area contributed by atoms with Crippen LogP contribution in [0.5, 0.6) is 5.88 Å². The van der Waals surface area contributed by atoms with Crippen molar-refractivity contribution in [2.24, 2.45) is 0 Å². The Morgan fingerprint density at radius 3 is 2.96 bits per heavy atom. The van der Waals surface area contributed by atoms with Crippen molar-refractivity contribution in [1.82, 2.24) is 14.8 Å². The summed E-state index contributed by atoms with van der Waals surface area (Å²) in [7, 11) is 3.28. The number of nitrogens with one attached hydrogen (secondary N) is 1. The summed E-state index contributed by atoms with van der Waals surface area (Å²) < 4.78 is 10.8. The molecule has 28 heavy (non-hydrogen) atoms. The lowest BCUT2D eigenvalue weighted by atomic mass is 10.2. The third kappa shape index (κ3) is 5.08. The number of nitrogens with zero attached hydrogens (tertiary/aromatic N) is 3. The van der Waals surface area contributed by atoms with Crippen molar-refractivity contribution >= 4 is 28.6 Å². The smallest absolute Gasteiger partial charge is 0.322 e. The lowest BCUT2D eigenvalue weighted by Crippen LogP contribution is -2.50. The number of morpholine rings is 1. The first-order valence-electron chi connectivity index (χ1n) is 8.97. The van der Waals surface area contributed by atoms with Crippen molar-refractivity contribution in [3.63, 3.8) is 0 Å². The number of urea groups is 1. The standard InChI is InChI=1S/C19H24N4O5/c1-22(12-18(24)25)10-15-11-23(7-8-28-15)19(26)20-14-4-5-16-13(9-14)3-6-17(21-16)27-2/h3-6,9,15H,7-8,10-12H2,1-2H3,(H,20,26)(H,24,25). The molecule has 9 nitrogen and oxygen atoms in total. The van der Waals surface area contributed by atoms with Crippen LogP contribution in [0.3, 0.4) is 0 Å². The fourth-order valence-electron chi connectivity index (χ4n) is 3.16. The number of aliphatic carboxylic acids is 1. The number of benzene rings is 1. The van der Waals surface area contributed by atoms with E-state index in [4.69, 9.17) is 14.6 Å². The Balaban J connectivity index is 1.60. The van der Waals surface area contributed by atoms with Crippen molar-refractivity contribution in [3.05, 3.63) is 30.3 Å². The number of likely N-dealkylation sites (N-methyl/N-ethyl adjacent to an activating group) is 1. The normalized spacial score (nSPS) is 17.0. The number of fused-ring (bicyclic) bond motifs is 1. The molecule has 0 radical (unpaired) electrons. The lowest BCUT2D eigenvalue weighted by molar-refractivity contribution is -0.138. The van der Waals surface area contributed by atoms with Crippen molar-refractivity contribution in [2.45, 2.75) is 6.10 Å². The molecule has 0 saturated carbocycles. The number of methoxy groups -OCH3 is 1. The Hall–Kier alpha value is -2.91. The highest BCUT2D eigenvalue weighted by atomic mass is 16.5. The van der Waals surface area contributed by atoms with E-state index >= 15 is 0 Å². The van der Waals surface area contributed by atoms with E-state index in [1.807, 2.05) is 18.2 Å². The lowest BCUT2D eigenvalue weighted by Gasteiger charge is -2.34. The van der Waals surface area contributed by atoms with E-state index in [9.17, 15) is 9.59 Å². The number of carbonyl (C=O) groups is 2. The number of pyridine rings is 1. The topological polar surface area (TPSA) is 104 Å². The average Bonchev–Trinajstić information content (AvgIpc) is 2.67. The van der Waals surface area contributed by atoms with E-state index in [-0.39, 0.29) is 18.7 Å². The average molecular weight is 388 g/mol. The van der Waals surface area contributed by atoms with Crippen LogP contribution in [0, 0.1) is 0 Å². The number of carboxylic acids is 1. The maximum absolute atomic E-state index is 12.6. The van der Waals surface area contributed by atoms with E-state index in [0.717, 1.165) is 10.9 Å². The predicted molar refractivity (Wildman–Crippen MR) is 104 cm³/mol. The summed E-state index contributed by atoms with van der Waals surface area (Å²) in [5.41, 5.74) is 1.46. The van der Waals surface area contributed by atoms with E-state index in [0.29, 0.717) is 37.8 Å². The zero-order valence-corrected chi connectivity index (χ0v) is 15.9. The number of hydrogen-bond acceptors (Lipinski definition) is 6. The van der Waals surface area contributed by atoms with Crippen molar-refractivity contribution < 1.29 is 24.2 Å². The minimum absolute atomic E-state index is 0.0675. The van der Waals surface area contributed by atoms with Gasteiger partial charge < -0.3 is 24.8 Å². The van der Waals surface area contributed by atoms with Gasteiger partial charge in [-0.15, -0.1) is 0 Å². The molecule has 1 aliphatic rings. The van der Waals surface area contributed by atoms with E-state index < -0.39 is 5.97 Å². The number of carboxylic acid groups (broad SMARTS) is 1. The molecule has 1 atom stereocenters. The van der Waals surface area contributed by atoms with Crippen LogP contribution in [-0.4, -0.2) is 84.9 Å². The van der Waals surface area contributed by atoms with Crippen LogP contribution >= 0.6 is 0 Å². The Labute approximate surface area is 162 Å². The fraction of sp³-hybridized carbons (Fsp3) is 0.421. The summed E-state index contributed by atoms with van der Waals surface area (Å²) >= 11 is 0. The second-order valence-electron chi connectivity index (χ2n) is 6.72. The summed E-state index contributed by atoms with van der Waals surface area (Å²) in [5, 5.41) is 12.7. The molecule has 2 N–H and O–H groups in total. The number of carbonyl (C=O) groups excluding carboxylic acids is 1. The van der Waals surface area contributed by atoms with E-state index in [1.54, 1.807) is 36.1 Å². The van der Waals surface area contributed by atoms with E-state index in [2.05, 4.69) is 10.3 Å². The molecule has 3 rings (SSSR count). The van der Waals surface area contributed by atoms with Gasteiger partial charge in [0.15, 0.2) is 0 Å². The second-order valence-corrected chi connectivity index (χ2v) is 6.72. The maximum Gasteiger partial charge on any atom is 0.322 e. The number of amides is 2. The Morgan fingerprint density at radius 1 is 1.39 bits per heavy atom. The molecule has 0 aliphatic carbocycles. The van der Waals surface area contributed by atoms with Gasteiger partial charge in [0.25, 0.3) is 0 Å². The van der Waals surface area contributed by atoms with Crippen molar-refractivity contribution in [3.8, 4) is 5.88 Å². The van der Waals surface area contributed by atoms with Gasteiger partial charge in [-0.1, -0.05) is 0 Å². The zero-order valence-electron chi connectivity index (χ0n) is 15.9. The van der Waals surface area contributed by atoms with Crippen LogP contribution in [-0.2, 0) is 9.53 Å². The third-order valence-corrected chi connectivity index (χ3v) is 4.47. The molecule has 1 fully saturated rings. The van der Waals surface area contributed by atoms with Gasteiger partial charge in [-0.3, -0.25) is 9.69 Å². The van der Waals surface area contributed by atoms with Crippen LogP contribution in [0.25, 0.3) is 10.9 Å². The summed E-state index contributed by atoms with van der Waals surface area (Å²) in [4.78, 5) is 31.1. The van der Waals surface area contributed by atoms with Crippen LogP contribution in [0.15, 0.2) is 30.3 Å². The molecule has 1 aromatic carbocycles. The Morgan fingerprint density at radius 2 is 2.21 bits per heavy atom. The number of rotatable bonds is 6. The second kappa shape index (κ2) is 8.85. The fourth-order valence-corrected chi connectivity index (χ4v) is 3.16. The van der Waals surface area contributed by atoms with Crippen molar-refractivity contribution in [1.29, 1.82) is 0 Å². The van der Waals surface area contributed by atoms with Crippen LogP contribution in [0.2, 0.25) is 0 Å². The Bertz CT molecular complexity index is 859. The molecular weight excluding hydrogens is 364 g/mol. The van der Waals surface area contributed by atoms with Gasteiger partial charge in [-0.05, 0) is 31.3 Å². The van der Waals surface area contributed by atoms with Gasteiger partial charge in [0, 0.05) is 36.8 Å². The highest BCUT2D eigenvalue weighted by Gasteiger charge is 2.25. The number of ether oxygens (including phenoxy) is 2. The van der Waals surface area contributed by atoms with Crippen LogP contribution in [0.4, 0.5) is 10.5 Å². The first-order valence-corrected chi connectivity index (χ1v) is 8.97. The van der Waals surface area contributed by atoms with Gasteiger partial charge in [0.2, 0.25) is 5.88 Å². The molecule has 2 aromatic rings. The largest absolute Gasteiger partial charge is 0.481 e. The molecule has 9 heteroatoms. The van der Waals surface area contributed by atoms with Gasteiger partial charge in [-0.25, -0.2) is 9.78 Å². The molecule has 0 bridgehead atoms. The summed E-state index contributed by atoms with van der Waals surface area (Å²) in [5.74, 6) is -0.354. The first-order chi connectivity index (χ1) is 13.4. The van der Waals surface area contributed by atoms with Crippen LogP contribution < -0.4 is 10.1 Å². The van der Waals surface area contributed by atoms with Gasteiger partial charge in [0.05, 0.1) is 31.9 Å². The molecule has 1 saturated heterocycles. The molecule has 1 unspecified atom stereocenters. The summed E-state index contributed by atoms with van der Waals surface area (Å²) in [6, 6.07) is 8.93. The maximum atomic E-state index is 12.6. The predicted octanol–water partition coefficient (Wildman–Crippen LogP) is 1.49. The minimum atomic E-state index is -0.892. The number of aromatic nitrogens is 1. The highest BCUT2D eigenvalue weighted by Crippen LogP contribution is 2.21. The summed E-state index contributed by atoms with van der Waals surface area (Å²) in [6.45, 7) is 1.68. The SMILES string of the molecule is COc1ccc2cc(NC(=O)N3CCOC(CN(C)CC(=O)O)C3)ccc2n1. The third-order valence-electron chi connectivity index (χ3n) is 4.47.